The summed E-state index contributed by atoms with van der Waals surface area (Å²) in [6.07, 6.45) is 4.57. The first kappa shape index (κ1) is 48.5. The minimum Gasteiger partial charge on any atom is -0.456 e. The van der Waals surface area contributed by atoms with Crippen molar-refractivity contribution >= 4 is 29.2 Å². The molecule has 15 heteroatoms. The lowest BCUT2D eigenvalue weighted by Crippen LogP contribution is -2.64. The Bertz CT molecular complexity index is 1580. The Morgan fingerprint density at radius 2 is 1.63 bits per heavy atom. The average molecular weight is 833 g/mol. The van der Waals surface area contributed by atoms with Crippen LogP contribution < -0.4 is 5.48 Å². The number of aliphatic hydroxyl groups excluding tert-OH is 1. The Balaban J connectivity index is 1.83. The summed E-state index contributed by atoms with van der Waals surface area (Å²) >= 11 is 0. The van der Waals surface area contributed by atoms with E-state index in [1.807, 2.05) is 25.4 Å². The lowest BCUT2D eigenvalue weighted by molar-refractivity contribution is -0.302. The van der Waals surface area contributed by atoms with Gasteiger partial charge < -0.3 is 44.0 Å². The van der Waals surface area contributed by atoms with E-state index >= 15 is 0 Å². The number of hydroxylamine groups is 1. The molecule has 59 heavy (non-hydrogen) atoms. The number of amides is 1. The van der Waals surface area contributed by atoms with Gasteiger partial charge in [0.1, 0.15) is 24.3 Å². The van der Waals surface area contributed by atoms with Gasteiger partial charge in [-0.1, -0.05) is 44.6 Å². The highest BCUT2D eigenvalue weighted by molar-refractivity contribution is 6.39. The van der Waals surface area contributed by atoms with Crippen LogP contribution in [0.5, 0.6) is 0 Å². The largest absolute Gasteiger partial charge is 0.456 e. The number of ether oxygens (including phenoxy) is 5. The maximum Gasteiger partial charge on any atom is 0.329 e. The molecule has 4 aliphatic rings. The minimum atomic E-state index is -2.56. The molecule has 3 aliphatic heterocycles. The Morgan fingerprint density at radius 1 is 0.966 bits per heavy atom. The Hall–Kier alpha value is -3.15. The number of Topliss-reactive ketones (excluding diaryl/α,β-unsaturated/α-hetero) is 3. The highest BCUT2D eigenvalue weighted by Gasteiger charge is 2.56. The maximum atomic E-state index is 14.4. The molecule has 332 valence electrons. The summed E-state index contributed by atoms with van der Waals surface area (Å²) in [5, 5.41) is 32.9. The van der Waals surface area contributed by atoms with Gasteiger partial charge in [-0.2, -0.15) is 5.48 Å². The average Bonchev–Trinajstić information content (AvgIpc) is 3.22. The smallest absolute Gasteiger partial charge is 0.329 e. The number of fused-ring (bicyclic) bond motifs is 3. The number of methoxy groups -OCH3 is 3. The van der Waals surface area contributed by atoms with Crippen molar-refractivity contribution in [3.05, 3.63) is 36.0 Å². The molecule has 2 saturated heterocycles. The number of aliphatic hydroxyl groups is 2. The van der Waals surface area contributed by atoms with E-state index in [1.165, 1.54) is 28.3 Å². The molecule has 14 atom stereocenters. The van der Waals surface area contributed by atoms with Gasteiger partial charge in [0.05, 0.1) is 30.3 Å². The summed E-state index contributed by atoms with van der Waals surface area (Å²) in [4.78, 5) is 72.5. The summed E-state index contributed by atoms with van der Waals surface area (Å²) in [5.74, 6) is -10.2. The van der Waals surface area contributed by atoms with Crippen molar-refractivity contribution < 1.29 is 63.1 Å². The Morgan fingerprint density at radius 3 is 2.25 bits per heavy atom. The second kappa shape index (κ2) is 21.6. The molecular formula is C44H68N2O13. The highest BCUT2D eigenvalue weighted by atomic mass is 16.7. The zero-order valence-corrected chi connectivity index (χ0v) is 36.1. The van der Waals surface area contributed by atoms with Crippen LogP contribution in [0.25, 0.3) is 0 Å². The van der Waals surface area contributed by atoms with E-state index in [0.29, 0.717) is 50.5 Å². The number of piperidine rings is 1. The topological polar surface area (TPSA) is 207 Å². The first-order valence-electron chi connectivity index (χ1n) is 21.1. The predicted octanol–water partition coefficient (Wildman–Crippen LogP) is 3.80. The van der Waals surface area contributed by atoms with Gasteiger partial charge in [-0.05, 0) is 95.5 Å². The SMILES string of the molecule is C=CCC1C=C(C)CC(C)CC(OC)C2OC(O)(C(=O)C(=O)N3CCCCC3C(=O)OC(C(C)=CC3CCC(O)C(OC)C3)C(C)C(=O)C(NO)C1=O)C(C)CC2OC. The summed E-state index contributed by atoms with van der Waals surface area (Å²) in [6.45, 7) is 12.5. The van der Waals surface area contributed by atoms with Crippen LogP contribution in [0.15, 0.2) is 36.0 Å². The van der Waals surface area contributed by atoms with Crippen molar-refractivity contribution in [1.29, 1.82) is 0 Å². The van der Waals surface area contributed by atoms with Crippen molar-refractivity contribution in [2.75, 3.05) is 27.9 Å². The summed E-state index contributed by atoms with van der Waals surface area (Å²) in [7, 11) is 4.51. The van der Waals surface area contributed by atoms with Crippen LogP contribution in [0, 0.1) is 29.6 Å². The predicted molar refractivity (Wildman–Crippen MR) is 216 cm³/mol. The van der Waals surface area contributed by atoms with Crippen molar-refractivity contribution in [3.63, 3.8) is 0 Å². The first-order chi connectivity index (χ1) is 27.9. The fraction of sp³-hybridized carbons (Fsp3) is 0.750. The number of carbonyl (C=O) groups excluding carboxylic acids is 5. The quantitative estimate of drug-likeness (QED) is 0.0903. The van der Waals surface area contributed by atoms with Gasteiger partial charge >= 0.3 is 5.97 Å². The molecule has 1 saturated carbocycles. The molecule has 3 heterocycles. The van der Waals surface area contributed by atoms with Crippen molar-refractivity contribution in [1.82, 2.24) is 10.4 Å². The lowest BCUT2D eigenvalue weighted by atomic mass is 9.81. The van der Waals surface area contributed by atoms with E-state index in [4.69, 9.17) is 23.7 Å². The number of ketones is 3. The standard InChI is InChI=1S/C44H68N2O13/c1-10-13-30-19-24(2)18-25(3)20-34(56-8)40-35(57-9)22-27(5)44(53,59-40)41(50)42(51)46-17-12-11-14-31(46)43(52)58-39(28(6)37(48)36(45-54)38(30)49)26(4)21-29-15-16-32(47)33(23-29)55-7/h10,19,21,25,27-36,39-40,45,47,53-54H,1,11-18,20,22-23H2,2-9H3. The van der Waals surface area contributed by atoms with Gasteiger partial charge in [0.15, 0.2) is 11.6 Å². The molecule has 0 radical (unpaired) electrons. The molecule has 15 nitrogen and oxygen atoms in total. The van der Waals surface area contributed by atoms with Crippen molar-refractivity contribution in [2.45, 2.75) is 153 Å². The number of nitrogens with one attached hydrogen (secondary N) is 1. The number of cyclic esters (lactones) is 1. The molecule has 14 unspecified atom stereocenters. The third-order valence-electron chi connectivity index (χ3n) is 12.9. The van der Waals surface area contributed by atoms with Crippen molar-refractivity contribution in [2.24, 2.45) is 29.6 Å². The van der Waals surface area contributed by atoms with Gasteiger partial charge in [-0.3, -0.25) is 19.2 Å². The number of nitrogens with zero attached hydrogens (tertiary/aromatic N) is 1. The number of esters is 1. The lowest BCUT2D eigenvalue weighted by Gasteiger charge is -2.47. The van der Waals surface area contributed by atoms with Crippen LogP contribution in [0.4, 0.5) is 0 Å². The molecule has 2 bridgehead atoms. The minimum absolute atomic E-state index is 0.0238. The highest BCUT2D eigenvalue weighted by Crippen LogP contribution is 2.39. The second-order valence-electron chi connectivity index (χ2n) is 17.3. The van der Waals surface area contributed by atoms with Gasteiger partial charge in [-0.15, -0.1) is 6.58 Å². The third kappa shape index (κ3) is 11.2. The molecule has 0 aromatic carbocycles. The van der Waals surface area contributed by atoms with Gasteiger partial charge in [0.2, 0.25) is 5.79 Å². The Kier molecular flexibility index (Phi) is 17.7. The van der Waals surface area contributed by atoms with E-state index in [0.717, 1.165) is 10.5 Å². The van der Waals surface area contributed by atoms with Gasteiger partial charge in [-0.25, -0.2) is 4.79 Å². The molecule has 1 amide bonds. The molecule has 1 aliphatic carbocycles. The maximum absolute atomic E-state index is 14.4. The van der Waals surface area contributed by atoms with Crippen LogP contribution in [0.1, 0.15) is 98.8 Å². The molecule has 0 aromatic rings. The van der Waals surface area contributed by atoms with E-state index in [-0.39, 0.29) is 37.6 Å². The summed E-state index contributed by atoms with van der Waals surface area (Å²) < 4.78 is 29.6. The molecule has 4 N–H and O–H groups in total. The zero-order chi connectivity index (χ0) is 43.8. The molecule has 4 rings (SSSR count). The molecule has 3 fully saturated rings. The van der Waals surface area contributed by atoms with E-state index < -0.39 is 101 Å². The second-order valence-corrected chi connectivity index (χ2v) is 17.3. The van der Waals surface area contributed by atoms with Gasteiger partial charge in [0.25, 0.3) is 11.7 Å². The number of carbonyl (C=O) groups is 5. The molecule has 0 aromatic heterocycles. The van der Waals surface area contributed by atoms with E-state index in [9.17, 15) is 39.4 Å². The van der Waals surface area contributed by atoms with E-state index in [1.54, 1.807) is 26.0 Å². The third-order valence-corrected chi connectivity index (χ3v) is 12.9. The normalized spacial score (nSPS) is 39.1. The van der Waals surface area contributed by atoms with Crippen molar-refractivity contribution in [3.8, 4) is 0 Å². The summed E-state index contributed by atoms with van der Waals surface area (Å²) in [5.41, 5.74) is 3.25. The number of allylic oxidation sites excluding steroid dienone is 4. The Labute approximate surface area is 348 Å². The van der Waals surface area contributed by atoms with Gasteiger partial charge in [0, 0.05) is 39.7 Å². The monoisotopic (exact) mass is 832 g/mol. The zero-order valence-electron chi connectivity index (χ0n) is 36.1. The van der Waals surface area contributed by atoms with Crippen LogP contribution >= 0.6 is 0 Å². The number of hydrogen-bond acceptors (Lipinski definition) is 14. The number of hydrogen-bond donors (Lipinski definition) is 4. The fourth-order valence-electron chi connectivity index (χ4n) is 9.52. The van der Waals surface area contributed by atoms with Crippen LogP contribution in [-0.4, -0.2) is 132 Å². The van der Waals surface area contributed by atoms with Crippen LogP contribution in [-0.2, 0) is 47.7 Å². The van der Waals surface area contributed by atoms with Crippen LogP contribution in [0.2, 0.25) is 0 Å². The summed E-state index contributed by atoms with van der Waals surface area (Å²) in [6, 6.07) is -2.93. The number of rotatable bonds is 8. The molecular weight excluding hydrogens is 764 g/mol. The van der Waals surface area contributed by atoms with E-state index in [2.05, 4.69) is 6.58 Å². The van der Waals surface area contributed by atoms with Crippen LogP contribution in [0.3, 0.4) is 0 Å². The fourth-order valence-corrected chi connectivity index (χ4v) is 9.52. The first-order valence-corrected chi connectivity index (χ1v) is 21.1. The molecule has 0 spiro atoms.